The average molecular weight is 411 g/mol. The SMILES string of the molecule is CCCCCCCCc1ccc(OCCOCCOCCOCCC(=O)O)cc1. The van der Waals surface area contributed by atoms with E-state index < -0.39 is 5.97 Å². The molecule has 29 heavy (non-hydrogen) atoms. The van der Waals surface area contributed by atoms with Crippen LogP contribution in [0, 0.1) is 0 Å². The van der Waals surface area contributed by atoms with Gasteiger partial charge in [0.05, 0.1) is 46.1 Å². The first kappa shape index (κ1) is 25.4. The molecule has 0 heterocycles. The van der Waals surface area contributed by atoms with Gasteiger partial charge in [-0.1, -0.05) is 51.2 Å². The predicted octanol–water partition coefficient (Wildman–Crippen LogP) is 4.49. The van der Waals surface area contributed by atoms with Crippen molar-refractivity contribution in [2.24, 2.45) is 0 Å². The largest absolute Gasteiger partial charge is 0.491 e. The van der Waals surface area contributed by atoms with Crippen LogP contribution in [0.4, 0.5) is 0 Å². The zero-order valence-corrected chi connectivity index (χ0v) is 17.9. The van der Waals surface area contributed by atoms with E-state index in [0.29, 0.717) is 39.6 Å². The Hall–Kier alpha value is -1.63. The van der Waals surface area contributed by atoms with Crippen LogP contribution in [0.3, 0.4) is 0 Å². The molecule has 0 unspecified atom stereocenters. The van der Waals surface area contributed by atoms with Crippen molar-refractivity contribution >= 4 is 5.97 Å². The van der Waals surface area contributed by atoms with Gasteiger partial charge in [-0.3, -0.25) is 4.79 Å². The number of carbonyl (C=O) groups is 1. The highest BCUT2D eigenvalue weighted by Crippen LogP contribution is 2.15. The highest BCUT2D eigenvalue weighted by molar-refractivity contribution is 5.66. The summed E-state index contributed by atoms with van der Waals surface area (Å²) >= 11 is 0. The van der Waals surface area contributed by atoms with E-state index in [1.54, 1.807) is 0 Å². The normalized spacial score (nSPS) is 10.9. The fourth-order valence-corrected chi connectivity index (χ4v) is 2.78. The molecule has 6 heteroatoms. The first-order valence-electron chi connectivity index (χ1n) is 10.9. The second-order valence-electron chi connectivity index (χ2n) is 6.99. The van der Waals surface area contributed by atoms with Crippen molar-refractivity contribution < 1.29 is 28.8 Å². The minimum Gasteiger partial charge on any atom is -0.491 e. The Morgan fingerprint density at radius 1 is 0.759 bits per heavy atom. The van der Waals surface area contributed by atoms with E-state index in [2.05, 4.69) is 19.1 Å². The van der Waals surface area contributed by atoms with Crippen LogP contribution in [-0.4, -0.2) is 57.3 Å². The molecule has 1 aromatic carbocycles. The third kappa shape index (κ3) is 15.9. The van der Waals surface area contributed by atoms with Crippen molar-refractivity contribution in [2.45, 2.75) is 58.3 Å². The lowest BCUT2D eigenvalue weighted by molar-refractivity contribution is -0.138. The van der Waals surface area contributed by atoms with Gasteiger partial charge in [0.15, 0.2) is 0 Å². The molecule has 0 fully saturated rings. The van der Waals surface area contributed by atoms with Gasteiger partial charge in [-0.25, -0.2) is 0 Å². The van der Waals surface area contributed by atoms with Gasteiger partial charge in [-0.15, -0.1) is 0 Å². The smallest absolute Gasteiger partial charge is 0.305 e. The van der Waals surface area contributed by atoms with Crippen molar-refractivity contribution in [3.63, 3.8) is 0 Å². The van der Waals surface area contributed by atoms with E-state index in [4.69, 9.17) is 24.1 Å². The summed E-state index contributed by atoms with van der Waals surface area (Å²) in [6, 6.07) is 8.35. The standard InChI is InChI=1S/C23H38O6/c1-2-3-4-5-6-7-8-21-9-11-22(12-10-21)29-20-19-28-18-17-27-16-15-26-14-13-23(24)25/h9-12H,2-8,13-20H2,1H3,(H,24,25). The Kier molecular flexibility index (Phi) is 16.1. The van der Waals surface area contributed by atoms with Crippen molar-refractivity contribution in [1.29, 1.82) is 0 Å². The molecule has 0 saturated carbocycles. The van der Waals surface area contributed by atoms with Crippen LogP contribution in [-0.2, 0) is 25.4 Å². The van der Waals surface area contributed by atoms with Crippen LogP contribution in [0.15, 0.2) is 24.3 Å². The second-order valence-corrected chi connectivity index (χ2v) is 6.99. The lowest BCUT2D eigenvalue weighted by Crippen LogP contribution is -2.13. The lowest BCUT2D eigenvalue weighted by atomic mass is 10.0. The van der Waals surface area contributed by atoms with E-state index in [0.717, 1.165) is 12.2 Å². The van der Waals surface area contributed by atoms with Crippen molar-refractivity contribution in [1.82, 2.24) is 0 Å². The maximum atomic E-state index is 10.3. The Bertz CT molecular complexity index is 503. The molecular weight excluding hydrogens is 372 g/mol. The first-order chi connectivity index (χ1) is 14.2. The number of aryl methyl sites for hydroxylation is 1. The number of hydrogen-bond donors (Lipinski definition) is 1. The molecule has 0 atom stereocenters. The molecule has 0 bridgehead atoms. The summed E-state index contributed by atoms with van der Waals surface area (Å²) in [6.45, 7) is 5.29. The number of rotatable bonds is 20. The van der Waals surface area contributed by atoms with Gasteiger partial charge in [0.2, 0.25) is 0 Å². The monoisotopic (exact) mass is 410 g/mol. The quantitative estimate of drug-likeness (QED) is 0.319. The van der Waals surface area contributed by atoms with Crippen molar-refractivity contribution in [2.75, 3.05) is 46.2 Å². The second kappa shape index (κ2) is 18.4. The summed E-state index contributed by atoms with van der Waals surface area (Å²) in [7, 11) is 0. The zero-order chi connectivity index (χ0) is 21.0. The Balaban J connectivity index is 1.91. The van der Waals surface area contributed by atoms with Gasteiger partial charge in [0, 0.05) is 0 Å². The maximum Gasteiger partial charge on any atom is 0.305 e. The number of carboxylic acids is 1. The summed E-state index contributed by atoms with van der Waals surface area (Å²) < 4.78 is 21.6. The van der Waals surface area contributed by atoms with Crippen LogP contribution in [0.2, 0.25) is 0 Å². The molecule has 1 aromatic rings. The fraction of sp³-hybridized carbons (Fsp3) is 0.696. The molecule has 1 N–H and O–H groups in total. The highest BCUT2D eigenvalue weighted by atomic mass is 16.6. The van der Waals surface area contributed by atoms with Crippen molar-refractivity contribution in [3.05, 3.63) is 29.8 Å². The zero-order valence-electron chi connectivity index (χ0n) is 17.9. The topological polar surface area (TPSA) is 74.2 Å². The summed E-state index contributed by atoms with van der Waals surface area (Å²) in [5.74, 6) is 0.0145. The number of unbranched alkanes of at least 4 members (excludes halogenated alkanes) is 5. The summed E-state index contributed by atoms with van der Waals surface area (Å²) in [5.41, 5.74) is 1.37. The lowest BCUT2D eigenvalue weighted by Gasteiger charge is -2.09. The van der Waals surface area contributed by atoms with Gasteiger partial charge in [0.1, 0.15) is 12.4 Å². The molecule has 166 valence electrons. The van der Waals surface area contributed by atoms with Crippen LogP contribution >= 0.6 is 0 Å². The molecule has 0 saturated heterocycles. The van der Waals surface area contributed by atoms with Crippen molar-refractivity contribution in [3.8, 4) is 5.75 Å². The maximum absolute atomic E-state index is 10.3. The van der Waals surface area contributed by atoms with Crippen LogP contribution in [0.1, 0.15) is 57.4 Å². The third-order valence-corrected chi connectivity index (χ3v) is 4.44. The number of aliphatic carboxylic acids is 1. The first-order valence-corrected chi connectivity index (χ1v) is 10.9. The summed E-state index contributed by atoms with van der Waals surface area (Å²) in [5, 5.41) is 8.47. The van der Waals surface area contributed by atoms with Gasteiger partial charge in [0.25, 0.3) is 0 Å². The third-order valence-electron chi connectivity index (χ3n) is 4.44. The molecule has 0 aliphatic heterocycles. The highest BCUT2D eigenvalue weighted by Gasteiger charge is 1.98. The van der Waals surface area contributed by atoms with Gasteiger partial charge in [-0.2, -0.15) is 0 Å². The van der Waals surface area contributed by atoms with Gasteiger partial charge < -0.3 is 24.1 Å². The number of ether oxygens (including phenoxy) is 4. The molecule has 0 radical (unpaired) electrons. The molecule has 0 aliphatic rings. The van der Waals surface area contributed by atoms with E-state index in [-0.39, 0.29) is 13.0 Å². The number of benzene rings is 1. The molecule has 0 aromatic heterocycles. The van der Waals surface area contributed by atoms with E-state index in [1.807, 2.05) is 12.1 Å². The van der Waals surface area contributed by atoms with Gasteiger partial charge in [-0.05, 0) is 30.5 Å². The minimum atomic E-state index is -0.856. The summed E-state index contributed by atoms with van der Waals surface area (Å²) in [4.78, 5) is 10.3. The predicted molar refractivity (Wildman–Crippen MR) is 114 cm³/mol. The average Bonchev–Trinajstić information content (AvgIpc) is 2.72. The molecular formula is C23H38O6. The van der Waals surface area contributed by atoms with Crippen LogP contribution in [0.25, 0.3) is 0 Å². The van der Waals surface area contributed by atoms with E-state index in [9.17, 15) is 4.79 Å². The number of hydrogen-bond acceptors (Lipinski definition) is 5. The van der Waals surface area contributed by atoms with Gasteiger partial charge >= 0.3 is 5.97 Å². The molecule has 0 spiro atoms. The Labute approximate surface area is 175 Å². The van der Waals surface area contributed by atoms with Crippen LogP contribution in [0.5, 0.6) is 5.75 Å². The fourth-order valence-electron chi connectivity index (χ4n) is 2.78. The number of carboxylic acid groups (broad SMARTS) is 1. The van der Waals surface area contributed by atoms with Crippen LogP contribution < -0.4 is 4.74 Å². The molecule has 6 nitrogen and oxygen atoms in total. The minimum absolute atomic E-state index is 0.0188. The Morgan fingerprint density at radius 2 is 1.31 bits per heavy atom. The molecule has 1 rings (SSSR count). The summed E-state index contributed by atoms with van der Waals surface area (Å²) in [6.07, 6.45) is 9.10. The van der Waals surface area contributed by atoms with E-state index >= 15 is 0 Å². The van der Waals surface area contributed by atoms with E-state index in [1.165, 1.54) is 44.1 Å². The molecule has 0 amide bonds. The Morgan fingerprint density at radius 3 is 1.93 bits per heavy atom. The molecule has 0 aliphatic carbocycles.